The van der Waals surface area contributed by atoms with Crippen LogP contribution < -0.4 is 5.32 Å². The second-order valence-corrected chi connectivity index (χ2v) is 5.77. The van der Waals surface area contributed by atoms with Gasteiger partial charge in [0.1, 0.15) is 5.75 Å². The highest BCUT2D eigenvalue weighted by Crippen LogP contribution is 2.21. The molecule has 4 nitrogen and oxygen atoms in total. The van der Waals surface area contributed by atoms with E-state index in [4.69, 9.17) is 0 Å². The molecule has 0 amide bonds. The highest BCUT2D eigenvalue weighted by molar-refractivity contribution is 5.56. The fourth-order valence-corrected chi connectivity index (χ4v) is 2.22. The minimum atomic E-state index is 0.252. The Morgan fingerprint density at radius 1 is 1.05 bits per heavy atom. The Kier molecular flexibility index (Phi) is 4.91. The van der Waals surface area contributed by atoms with Crippen LogP contribution in [0.5, 0.6) is 5.75 Å². The van der Waals surface area contributed by atoms with Crippen LogP contribution in [0, 0.1) is 19.8 Å². The molecule has 0 atom stereocenters. The number of benzene rings is 1. The average Bonchev–Trinajstić information content (AvgIpc) is 2.42. The third-order valence-corrected chi connectivity index (χ3v) is 3.40. The minimum Gasteiger partial charge on any atom is -0.508 e. The summed E-state index contributed by atoms with van der Waals surface area (Å²) in [5.74, 6) is 1.59. The van der Waals surface area contributed by atoms with Crippen LogP contribution in [-0.2, 0) is 6.54 Å². The summed E-state index contributed by atoms with van der Waals surface area (Å²) >= 11 is 0. The van der Waals surface area contributed by atoms with Gasteiger partial charge in [-0.2, -0.15) is 0 Å². The molecule has 0 radical (unpaired) electrons. The van der Waals surface area contributed by atoms with Crippen molar-refractivity contribution in [1.29, 1.82) is 0 Å². The largest absolute Gasteiger partial charge is 0.508 e. The molecule has 1 aromatic carbocycles. The summed E-state index contributed by atoms with van der Waals surface area (Å²) in [7, 11) is 0. The first-order chi connectivity index (χ1) is 9.97. The van der Waals surface area contributed by atoms with Crippen molar-refractivity contribution in [2.75, 3.05) is 6.54 Å². The summed E-state index contributed by atoms with van der Waals surface area (Å²) in [6.07, 6.45) is 0. The standard InChI is InChI=1S/C17H23N3O/c1-11(2)9-18-10-16-12(3)19-17(20-13(16)4)14-5-7-15(21)8-6-14/h5-8,11,18,21H,9-10H2,1-4H3. The molecule has 0 aliphatic rings. The maximum absolute atomic E-state index is 9.35. The quantitative estimate of drug-likeness (QED) is 0.885. The lowest BCUT2D eigenvalue weighted by atomic mass is 10.1. The number of phenolic OH excluding ortho intramolecular Hbond substituents is 1. The molecule has 0 bridgehead atoms. The second-order valence-electron chi connectivity index (χ2n) is 5.77. The number of hydrogen-bond acceptors (Lipinski definition) is 4. The van der Waals surface area contributed by atoms with Gasteiger partial charge in [-0.25, -0.2) is 9.97 Å². The highest BCUT2D eigenvalue weighted by Gasteiger charge is 2.10. The third kappa shape index (κ3) is 4.02. The van der Waals surface area contributed by atoms with E-state index in [0.29, 0.717) is 11.7 Å². The summed E-state index contributed by atoms with van der Waals surface area (Å²) in [4.78, 5) is 9.20. The Labute approximate surface area is 126 Å². The number of hydrogen-bond donors (Lipinski definition) is 2. The van der Waals surface area contributed by atoms with Crippen molar-refractivity contribution >= 4 is 0 Å². The predicted octanol–water partition coefficient (Wildman–Crippen LogP) is 3.21. The van der Waals surface area contributed by atoms with Gasteiger partial charge in [-0.15, -0.1) is 0 Å². The van der Waals surface area contributed by atoms with Gasteiger partial charge >= 0.3 is 0 Å². The summed E-state index contributed by atoms with van der Waals surface area (Å²) in [6, 6.07) is 6.98. The molecular weight excluding hydrogens is 262 g/mol. The van der Waals surface area contributed by atoms with Gasteiger partial charge in [-0.05, 0) is 50.6 Å². The van der Waals surface area contributed by atoms with E-state index in [1.165, 1.54) is 0 Å². The van der Waals surface area contributed by atoms with Crippen LogP contribution in [0.2, 0.25) is 0 Å². The highest BCUT2D eigenvalue weighted by atomic mass is 16.3. The fourth-order valence-electron chi connectivity index (χ4n) is 2.22. The zero-order valence-corrected chi connectivity index (χ0v) is 13.1. The van der Waals surface area contributed by atoms with Gasteiger partial charge in [-0.1, -0.05) is 13.8 Å². The van der Waals surface area contributed by atoms with Crippen LogP contribution in [-0.4, -0.2) is 21.6 Å². The third-order valence-electron chi connectivity index (χ3n) is 3.40. The molecule has 0 spiro atoms. The molecule has 0 saturated heterocycles. The van der Waals surface area contributed by atoms with Crippen LogP contribution in [0.4, 0.5) is 0 Å². The smallest absolute Gasteiger partial charge is 0.159 e. The molecule has 112 valence electrons. The first kappa shape index (κ1) is 15.4. The lowest BCUT2D eigenvalue weighted by Crippen LogP contribution is -2.21. The van der Waals surface area contributed by atoms with Gasteiger partial charge in [0, 0.05) is 29.1 Å². The monoisotopic (exact) mass is 285 g/mol. The fraction of sp³-hybridized carbons (Fsp3) is 0.412. The van der Waals surface area contributed by atoms with Crippen molar-refractivity contribution in [2.24, 2.45) is 5.92 Å². The molecule has 4 heteroatoms. The number of aryl methyl sites for hydroxylation is 2. The minimum absolute atomic E-state index is 0.252. The number of phenols is 1. The van der Waals surface area contributed by atoms with E-state index in [-0.39, 0.29) is 5.75 Å². The number of aromatic nitrogens is 2. The van der Waals surface area contributed by atoms with Crippen LogP contribution >= 0.6 is 0 Å². The van der Waals surface area contributed by atoms with Gasteiger partial charge < -0.3 is 10.4 Å². The predicted molar refractivity (Wildman–Crippen MR) is 85.2 cm³/mol. The molecule has 21 heavy (non-hydrogen) atoms. The van der Waals surface area contributed by atoms with Crippen LogP contribution in [0.3, 0.4) is 0 Å². The summed E-state index contributed by atoms with van der Waals surface area (Å²) < 4.78 is 0. The van der Waals surface area contributed by atoms with Gasteiger partial charge in [0.05, 0.1) is 0 Å². The SMILES string of the molecule is Cc1nc(-c2ccc(O)cc2)nc(C)c1CNCC(C)C. The van der Waals surface area contributed by atoms with Crippen molar-refractivity contribution in [2.45, 2.75) is 34.2 Å². The number of nitrogens with one attached hydrogen (secondary N) is 1. The van der Waals surface area contributed by atoms with Gasteiger partial charge in [0.2, 0.25) is 0 Å². The Balaban J connectivity index is 2.22. The Morgan fingerprint density at radius 2 is 1.62 bits per heavy atom. The molecular formula is C17H23N3O. The molecule has 2 aromatic rings. The van der Waals surface area contributed by atoms with Crippen LogP contribution in [0.25, 0.3) is 11.4 Å². The summed E-state index contributed by atoms with van der Waals surface area (Å²) in [6.45, 7) is 10.2. The van der Waals surface area contributed by atoms with Gasteiger partial charge in [0.25, 0.3) is 0 Å². The van der Waals surface area contributed by atoms with Crippen molar-refractivity contribution in [1.82, 2.24) is 15.3 Å². The van der Waals surface area contributed by atoms with Crippen molar-refractivity contribution < 1.29 is 5.11 Å². The molecule has 0 aliphatic heterocycles. The zero-order chi connectivity index (χ0) is 15.4. The zero-order valence-electron chi connectivity index (χ0n) is 13.1. The lowest BCUT2D eigenvalue weighted by molar-refractivity contribution is 0.475. The van der Waals surface area contributed by atoms with Crippen molar-refractivity contribution in [3.8, 4) is 17.1 Å². The molecule has 0 unspecified atom stereocenters. The first-order valence-corrected chi connectivity index (χ1v) is 7.31. The molecule has 0 aliphatic carbocycles. The summed E-state index contributed by atoms with van der Waals surface area (Å²) in [5.41, 5.74) is 4.09. The first-order valence-electron chi connectivity index (χ1n) is 7.31. The van der Waals surface area contributed by atoms with E-state index >= 15 is 0 Å². The topological polar surface area (TPSA) is 58.0 Å². The molecule has 1 aromatic heterocycles. The van der Waals surface area contributed by atoms with Crippen molar-refractivity contribution in [3.63, 3.8) is 0 Å². The lowest BCUT2D eigenvalue weighted by Gasteiger charge is -2.13. The van der Waals surface area contributed by atoms with E-state index in [1.807, 2.05) is 26.0 Å². The van der Waals surface area contributed by atoms with E-state index in [0.717, 1.165) is 35.6 Å². The number of rotatable bonds is 5. The Bertz CT molecular complexity index is 583. The average molecular weight is 285 g/mol. The molecule has 1 heterocycles. The van der Waals surface area contributed by atoms with Crippen LogP contribution in [0.1, 0.15) is 30.8 Å². The molecule has 0 saturated carbocycles. The number of nitrogens with zero attached hydrogens (tertiary/aromatic N) is 2. The van der Waals surface area contributed by atoms with Crippen molar-refractivity contribution in [3.05, 3.63) is 41.2 Å². The number of aromatic hydroxyl groups is 1. The van der Waals surface area contributed by atoms with E-state index in [1.54, 1.807) is 12.1 Å². The van der Waals surface area contributed by atoms with Gasteiger partial charge in [0.15, 0.2) is 5.82 Å². The Hall–Kier alpha value is -1.94. The maximum Gasteiger partial charge on any atom is 0.159 e. The van der Waals surface area contributed by atoms with Gasteiger partial charge in [-0.3, -0.25) is 0 Å². The maximum atomic E-state index is 9.35. The molecule has 2 N–H and O–H groups in total. The second kappa shape index (κ2) is 6.68. The van der Waals surface area contributed by atoms with E-state index in [2.05, 4.69) is 29.1 Å². The van der Waals surface area contributed by atoms with E-state index in [9.17, 15) is 5.11 Å². The molecule has 0 fully saturated rings. The van der Waals surface area contributed by atoms with Crippen LogP contribution in [0.15, 0.2) is 24.3 Å². The summed E-state index contributed by atoms with van der Waals surface area (Å²) in [5, 5.41) is 12.8. The Morgan fingerprint density at radius 3 is 2.14 bits per heavy atom. The molecule has 2 rings (SSSR count). The van der Waals surface area contributed by atoms with E-state index < -0.39 is 0 Å². The normalized spacial score (nSPS) is 11.1.